The van der Waals surface area contributed by atoms with Crippen molar-refractivity contribution in [3.63, 3.8) is 0 Å². The molecule has 1 aromatic rings. The first-order valence-corrected chi connectivity index (χ1v) is 6.38. The Balaban J connectivity index is 3.07. The molecule has 8 heteroatoms. The maximum atomic E-state index is 13.4. The predicted octanol–water partition coefficient (Wildman–Crippen LogP) is 0.449. The van der Waals surface area contributed by atoms with Crippen LogP contribution in [0.5, 0.6) is 0 Å². The van der Waals surface area contributed by atoms with Crippen LogP contribution in [0, 0.1) is 5.82 Å². The predicted molar refractivity (Wildman–Crippen MR) is 60.4 cm³/mol. The number of methoxy groups -OCH3 is 1. The number of halogens is 1. The number of nitrogens with one attached hydrogen (secondary N) is 1. The Hall–Kier alpha value is -1.51. The zero-order chi connectivity index (χ0) is 13.8. The lowest BCUT2D eigenvalue weighted by Gasteiger charge is -2.07. The molecule has 1 aromatic carbocycles. The first-order valence-electron chi connectivity index (χ1n) is 4.90. The van der Waals surface area contributed by atoms with E-state index in [4.69, 9.17) is 5.11 Å². The van der Waals surface area contributed by atoms with Gasteiger partial charge >= 0.3 is 5.97 Å². The summed E-state index contributed by atoms with van der Waals surface area (Å²) in [4.78, 5) is 10.00. The standard InChI is InChI=1S/C10H12FNO5S/c1-17-5-4-12-18(15,16)9-6-7(10(13)14)2-3-8(9)11/h2-3,6,12H,4-5H2,1H3,(H,13,14). The Kier molecular flexibility index (Phi) is 4.76. The van der Waals surface area contributed by atoms with Gasteiger partial charge in [0.15, 0.2) is 0 Å². The maximum absolute atomic E-state index is 13.4. The average molecular weight is 277 g/mol. The molecule has 0 heterocycles. The molecule has 100 valence electrons. The van der Waals surface area contributed by atoms with Gasteiger partial charge in [-0.25, -0.2) is 22.3 Å². The maximum Gasteiger partial charge on any atom is 0.335 e. The van der Waals surface area contributed by atoms with Crippen molar-refractivity contribution in [1.29, 1.82) is 0 Å². The molecule has 0 aliphatic rings. The summed E-state index contributed by atoms with van der Waals surface area (Å²) in [5.41, 5.74) is -0.302. The Morgan fingerprint density at radius 2 is 2.17 bits per heavy atom. The monoisotopic (exact) mass is 277 g/mol. The van der Waals surface area contributed by atoms with Crippen LogP contribution in [0.2, 0.25) is 0 Å². The van der Waals surface area contributed by atoms with Gasteiger partial charge in [-0.2, -0.15) is 0 Å². The van der Waals surface area contributed by atoms with Gasteiger partial charge in [-0.05, 0) is 18.2 Å². The van der Waals surface area contributed by atoms with Crippen LogP contribution >= 0.6 is 0 Å². The van der Waals surface area contributed by atoms with Crippen molar-refractivity contribution in [3.8, 4) is 0 Å². The largest absolute Gasteiger partial charge is 0.478 e. The summed E-state index contributed by atoms with van der Waals surface area (Å²) in [5, 5.41) is 8.72. The minimum Gasteiger partial charge on any atom is -0.478 e. The van der Waals surface area contributed by atoms with Gasteiger partial charge in [0.25, 0.3) is 0 Å². The van der Waals surface area contributed by atoms with Crippen LogP contribution in [-0.4, -0.2) is 39.8 Å². The smallest absolute Gasteiger partial charge is 0.335 e. The highest BCUT2D eigenvalue weighted by Gasteiger charge is 2.20. The first kappa shape index (κ1) is 14.6. The van der Waals surface area contributed by atoms with Crippen molar-refractivity contribution < 1.29 is 27.4 Å². The third-order valence-corrected chi connectivity index (χ3v) is 3.54. The Labute approximate surface area is 103 Å². The lowest BCUT2D eigenvalue weighted by molar-refractivity contribution is 0.0696. The van der Waals surface area contributed by atoms with E-state index in [1.165, 1.54) is 7.11 Å². The van der Waals surface area contributed by atoms with Gasteiger partial charge in [0.2, 0.25) is 10.0 Å². The van der Waals surface area contributed by atoms with Crippen LogP contribution in [0.1, 0.15) is 10.4 Å². The first-order chi connectivity index (χ1) is 8.38. The molecule has 0 atom stereocenters. The van der Waals surface area contributed by atoms with E-state index in [-0.39, 0.29) is 18.7 Å². The van der Waals surface area contributed by atoms with Crippen LogP contribution < -0.4 is 4.72 Å². The molecule has 6 nitrogen and oxygen atoms in total. The number of hydrogen-bond donors (Lipinski definition) is 2. The number of hydrogen-bond acceptors (Lipinski definition) is 4. The van der Waals surface area contributed by atoms with Crippen molar-refractivity contribution in [2.45, 2.75) is 4.90 Å². The van der Waals surface area contributed by atoms with E-state index in [0.29, 0.717) is 0 Å². The highest BCUT2D eigenvalue weighted by atomic mass is 32.2. The van der Waals surface area contributed by atoms with E-state index in [9.17, 15) is 17.6 Å². The van der Waals surface area contributed by atoms with E-state index < -0.39 is 26.7 Å². The zero-order valence-electron chi connectivity index (χ0n) is 9.51. The van der Waals surface area contributed by atoms with Gasteiger partial charge in [-0.3, -0.25) is 0 Å². The summed E-state index contributed by atoms with van der Waals surface area (Å²) in [5.74, 6) is -2.34. The second-order valence-electron chi connectivity index (χ2n) is 3.34. The van der Waals surface area contributed by atoms with Gasteiger partial charge in [0.05, 0.1) is 12.2 Å². The van der Waals surface area contributed by atoms with E-state index in [1.807, 2.05) is 0 Å². The summed E-state index contributed by atoms with van der Waals surface area (Å²) in [7, 11) is -2.70. The lowest BCUT2D eigenvalue weighted by atomic mass is 10.2. The summed E-state index contributed by atoms with van der Waals surface area (Å²) in [6.45, 7) is 0.0923. The van der Waals surface area contributed by atoms with Crippen LogP contribution in [0.4, 0.5) is 4.39 Å². The molecule has 0 fully saturated rings. The van der Waals surface area contributed by atoms with E-state index in [2.05, 4.69) is 9.46 Å². The summed E-state index contributed by atoms with van der Waals surface area (Å²) < 4.78 is 43.5. The second kappa shape index (κ2) is 5.89. The zero-order valence-corrected chi connectivity index (χ0v) is 10.3. The summed E-state index contributed by atoms with van der Waals surface area (Å²) in [6.07, 6.45) is 0. The molecule has 0 spiro atoms. The summed E-state index contributed by atoms with van der Waals surface area (Å²) >= 11 is 0. The Morgan fingerprint density at radius 3 is 2.72 bits per heavy atom. The number of benzene rings is 1. The number of aromatic carboxylic acids is 1. The number of sulfonamides is 1. The molecular weight excluding hydrogens is 265 g/mol. The SMILES string of the molecule is COCCNS(=O)(=O)c1cc(C(=O)O)ccc1F. The van der Waals surface area contributed by atoms with Gasteiger partial charge in [0, 0.05) is 13.7 Å². The molecule has 0 saturated carbocycles. The number of rotatable bonds is 6. The van der Waals surface area contributed by atoms with Crippen molar-refractivity contribution in [3.05, 3.63) is 29.6 Å². The van der Waals surface area contributed by atoms with Gasteiger partial charge in [0.1, 0.15) is 10.7 Å². The molecule has 0 saturated heterocycles. The Morgan fingerprint density at radius 1 is 1.50 bits per heavy atom. The van der Waals surface area contributed by atoms with Crippen LogP contribution in [0.3, 0.4) is 0 Å². The third kappa shape index (κ3) is 3.49. The minimum atomic E-state index is -4.09. The fraction of sp³-hybridized carbons (Fsp3) is 0.300. The molecule has 0 aliphatic heterocycles. The van der Waals surface area contributed by atoms with Crippen molar-refractivity contribution in [1.82, 2.24) is 4.72 Å². The Bertz CT molecular complexity index is 543. The molecular formula is C10H12FNO5S. The molecule has 0 aromatic heterocycles. The molecule has 18 heavy (non-hydrogen) atoms. The number of ether oxygens (including phenoxy) is 1. The molecule has 0 radical (unpaired) electrons. The highest BCUT2D eigenvalue weighted by Crippen LogP contribution is 2.16. The van der Waals surface area contributed by atoms with Gasteiger partial charge in [-0.15, -0.1) is 0 Å². The van der Waals surface area contributed by atoms with Crippen LogP contribution in [0.25, 0.3) is 0 Å². The quantitative estimate of drug-likeness (QED) is 0.736. The van der Waals surface area contributed by atoms with Crippen LogP contribution in [-0.2, 0) is 14.8 Å². The molecule has 0 aliphatic carbocycles. The van der Waals surface area contributed by atoms with Gasteiger partial charge < -0.3 is 9.84 Å². The minimum absolute atomic E-state index is 0.0322. The molecule has 1 rings (SSSR count). The molecule has 0 bridgehead atoms. The van der Waals surface area contributed by atoms with Crippen molar-refractivity contribution in [2.24, 2.45) is 0 Å². The number of carboxylic acid groups (broad SMARTS) is 1. The lowest BCUT2D eigenvalue weighted by Crippen LogP contribution is -2.28. The number of carboxylic acids is 1. The average Bonchev–Trinajstić information content (AvgIpc) is 2.29. The highest BCUT2D eigenvalue weighted by molar-refractivity contribution is 7.89. The number of carbonyl (C=O) groups is 1. The molecule has 0 amide bonds. The molecule has 2 N–H and O–H groups in total. The fourth-order valence-electron chi connectivity index (χ4n) is 1.20. The van der Waals surface area contributed by atoms with Crippen molar-refractivity contribution >= 4 is 16.0 Å². The third-order valence-electron chi connectivity index (χ3n) is 2.07. The molecule has 0 unspecified atom stereocenters. The fourth-order valence-corrected chi connectivity index (χ4v) is 2.31. The second-order valence-corrected chi connectivity index (χ2v) is 5.08. The topological polar surface area (TPSA) is 92.7 Å². The van der Waals surface area contributed by atoms with E-state index in [1.54, 1.807) is 0 Å². The van der Waals surface area contributed by atoms with E-state index in [0.717, 1.165) is 18.2 Å². The normalized spacial score (nSPS) is 11.4. The summed E-state index contributed by atoms with van der Waals surface area (Å²) in [6, 6.07) is 2.56. The van der Waals surface area contributed by atoms with Crippen LogP contribution in [0.15, 0.2) is 23.1 Å². The van der Waals surface area contributed by atoms with E-state index >= 15 is 0 Å². The van der Waals surface area contributed by atoms with Gasteiger partial charge in [-0.1, -0.05) is 0 Å². The van der Waals surface area contributed by atoms with Crippen molar-refractivity contribution in [2.75, 3.05) is 20.3 Å².